The van der Waals surface area contributed by atoms with Crippen molar-refractivity contribution in [3.05, 3.63) is 16.1 Å². The number of ether oxygens (including phenoxy) is 1. The molecule has 0 atom stereocenters. The van der Waals surface area contributed by atoms with Gasteiger partial charge in [0.1, 0.15) is 5.69 Å². The largest absolute Gasteiger partial charge is 0.461 e. The first-order valence-corrected chi connectivity index (χ1v) is 7.63. The molecule has 1 amide bonds. The van der Waals surface area contributed by atoms with Gasteiger partial charge in [-0.2, -0.15) is 0 Å². The van der Waals surface area contributed by atoms with E-state index in [0.717, 1.165) is 31.0 Å². The number of nitrogens with zero attached hydrogens (tertiary/aromatic N) is 2. The molecule has 0 aliphatic rings. The first-order chi connectivity index (χ1) is 9.62. The van der Waals surface area contributed by atoms with Crippen LogP contribution in [0.4, 0.5) is 0 Å². The third kappa shape index (κ3) is 4.90. The Morgan fingerprint density at radius 1 is 1.35 bits per heavy atom. The van der Waals surface area contributed by atoms with E-state index in [1.54, 1.807) is 12.3 Å². The molecule has 0 aliphatic carbocycles. The molecule has 0 spiro atoms. The summed E-state index contributed by atoms with van der Waals surface area (Å²) in [6.07, 6.45) is 0. The summed E-state index contributed by atoms with van der Waals surface area (Å²) in [6, 6.07) is 0. The van der Waals surface area contributed by atoms with Gasteiger partial charge < -0.3 is 15.0 Å². The number of rotatable bonds is 8. The second-order valence-corrected chi connectivity index (χ2v) is 4.90. The lowest BCUT2D eigenvalue weighted by Gasteiger charge is -2.17. The highest BCUT2D eigenvalue weighted by molar-refractivity contribution is 7.11. The number of amides is 1. The normalized spacial score (nSPS) is 10.6. The number of thiazole rings is 1. The summed E-state index contributed by atoms with van der Waals surface area (Å²) in [4.78, 5) is 29.5. The lowest BCUT2D eigenvalue weighted by molar-refractivity contribution is 0.0526. The van der Waals surface area contributed by atoms with Gasteiger partial charge in [0.25, 0.3) is 5.91 Å². The predicted molar refractivity (Wildman–Crippen MR) is 78.2 cm³/mol. The Labute approximate surface area is 123 Å². The van der Waals surface area contributed by atoms with Crippen molar-refractivity contribution in [3.8, 4) is 0 Å². The molecule has 7 heteroatoms. The molecule has 1 heterocycles. The first-order valence-electron chi connectivity index (χ1n) is 6.75. The van der Waals surface area contributed by atoms with Gasteiger partial charge in [-0.15, -0.1) is 11.3 Å². The second kappa shape index (κ2) is 8.65. The van der Waals surface area contributed by atoms with Crippen LogP contribution in [-0.2, 0) is 4.74 Å². The van der Waals surface area contributed by atoms with Crippen LogP contribution < -0.4 is 5.32 Å². The monoisotopic (exact) mass is 299 g/mol. The molecule has 20 heavy (non-hydrogen) atoms. The Morgan fingerprint density at radius 3 is 2.65 bits per heavy atom. The number of hydrogen-bond donors (Lipinski definition) is 1. The van der Waals surface area contributed by atoms with Crippen molar-refractivity contribution in [2.24, 2.45) is 0 Å². The quantitative estimate of drug-likeness (QED) is 0.735. The molecule has 0 saturated heterocycles. The summed E-state index contributed by atoms with van der Waals surface area (Å²) in [7, 11) is 0. The first kappa shape index (κ1) is 16.6. The van der Waals surface area contributed by atoms with Gasteiger partial charge in [0.2, 0.25) is 5.01 Å². The highest BCUT2D eigenvalue weighted by atomic mass is 32.1. The molecule has 1 N–H and O–H groups in total. The Morgan fingerprint density at radius 2 is 2.05 bits per heavy atom. The molecule has 1 aromatic rings. The summed E-state index contributed by atoms with van der Waals surface area (Å²) in [5.74, 6) is -0.747. The van der Waals surface area contributed by atoms with Crippen LogP contribution in [0.1, 0.15) is 41.1 Å². The van der Waals surface area contributed by atoms with Crippen LogP contribution in [0.3, 0.4) is 0 Å². The van der Waals surface area contributed by atoms with Gasteiger partial charge in [0, 0.05) is 18.5 Å². The Hall–Kier alpha value is -1.47. The van der Waals surface area contributed by atoms with Gasteiger partial charge in [-0.3, -0.25) is 4.79 Å². The molecule has 0 bridgehead atoms. The average molecular weight is 299 g/mol. The van der Waals surface area contributed by atoms with E-state index in [1.807, 2.05) is 0 Å². The average Bonchev–Trinajstić information content (AvgIpc) is 2.93. The van der Waals surface area contributed by atoms with E-state index in [1.165, 1.54) is 0 Å². The predicted octanol–water partition coefficient (Wildman–Crippen LogP) is 1.39. The van der Waals surface area contributed by atoms with Gasteiger partial charge in [-0.05, 0) is 20.0 Å². The van der Waals surface area contributed by atoms with E-state index in [-0.39, 0.29) is 16.6 Å². The maximum atomic E-state index is 11.9. The minimum Gasteiger partial charge on any atom is -0.461 e. The minimum atomic E-state index is -0.486. The zero-order valence-electron chi connectivity index (χ0n) is 12.1. The summed E-state index contributed by atoms with van der Waals surface area (Å²) < 4.78 is 4.83. The molecule has 6 nitrogen and oxygen atoms in total. The lowest BCUT2D eigenvalue weighted by Crippen LogP contribution is -2.34. The van der Waals surface area contributed by atoms with Crippen LogP contribution in [0.25, 0.3) is 0 Å². The molecule has 1 rings (SSSR count). The van der Waals surface area contributed by atoms with Crippen LogP contribution in [0.5, 0.6) is 0 Å². The zero-order valence-corrected chi connectivity index (χ0v) is 13.0. The summed E-state index contributed by atoms with van der Waals surface area (Å²) in [6.45, 7) is 9.46. The molecule has 1 aromatic heterocycles. The molecular formula is C13H21N3O3S. The van der Waals surface area contributed by atoms with Crippen LogP contribution in [0.15, 0.2) is 5.38 Å². The molecule has 0 aliphatic heterocycles. The SMILES string of the molecule is CCOC(=O)c1nc(C(=O)NCCN(CC)CC)cs1. The number of carbonyl (C=O) groups excluding carboxylic acids is 2. The fourth-order valence-corrected chi connectivity index (χ4v) is 2.31. The number of carbonyl (C=O) groups is 2. The van der Waals surface area contributed by atoms with E-state index in [4.69, 9.17) is 4.74 Å². The van der Waals surface area contributed by atoms with Gasteiger partial charge in [0.15, 0.2) is 0 Å². The highest BCUT2D eigenvalue weighted by Crippen LogP contribution is 2.11. The summed E-state index contributed by atoms with van der Waals surface area (Å²) in [5.41, 5.74) is 0.262. The molecule has 0 radical (unpaired) electrons. The van der Waals surface area contributed by atoms with Crippen molar-refractivity contribution < 1.29 is 14.3 Å². The Bertz CT molecular complexity index is 444. The van der Waals surface area contributed by atoms with Crippen molar-refractivity contribution in [3.63, 3.8) is 0 Å². The van der Waals surface area contributed by atoms with Crippen molar-refractivity contribution in [2.75, 3.05) is 32.8 Å². The van der Waals surface area contributed by atoms with Crippen molar-refractivity contribution >= 4 is 23.2 Å². The third-order valence-electron chi connectivity index (χ3n) is 2.79. The summed E-state index contributed by atoms with van der Waals surface area (Å²) >= 11 is 1.12. The molecule has 0 fully saturated rings. The topological polar surface area (TPSA) is 71.5 Å². The van der Waals surface area contributed by atoms with E-state index in [2.05, 4.69) is 29.0 Å². The van der Waals surface area contributed by atoms with Gasteiger partial charge in [-0.1, -0.05) is 13.8 Å². The summed E-state index contributed by atoms with van der Waals surface area (Å²) in [5, 5.41) is 4.57. The van der Waals surface area contributed by atoms with Crippen LogP contribution >= 0.6 is 11.3 Å². The number of esters is 1. The number of hydrogen-bond acceptors (Lipinski definition) is 6. The molecule has 112 valence electrons. The van der Waals surface area contributed by atoms with Crippen molar-refractivity contribution in [1.29, 1.82) is 0 Å². The lowest BCUT2D eigenvalue weighted by atomic mass is 10.4. The van der Waals surface area contributed by atoms with Crippen LogP contribution in [0, 0.1) is 0 Å². The minimum absolute atomic E-state index is 0.209. The van der Waals surface area contributed by atoms with Gasteiger partial charge >= 0.3 is 5.97 Å². The van der Waals surface area contributed by atoms with E-state index < -0.39 is 5.97 Å². The molecule has 0 unspecified atom stereocenters. The standard InChI is InChI=1S/C13H21N3O3S/c1-4-16(5-2)8-7-14-11(17)10-9-20-12(15-10)13(18)19-6-3/h9H,4-8H2,1-3H3,(H,14,17). The number of likely N-dealkylation sites (N-methyl/N-ethyl adjacent to an activating group) is 1. The Kier molecular flexibility index (Phi) is 7.17. The van der Waals surface area contributed by atoms with Crippen molar-refractivity contribution in [2.45, 2.75) is 20.8 Å². The molecule has 0 aromatic carbocycles. The maximum Gasteiger partial charge on any atom is 0.367 e. The number of nitrogens with one attached hydrogen (secondary N) is 1. The van der Waals surface area contributed by atoms with Crippen LogP contribution in [-0.4, -0.2) is 54.5 Å². The fraction of sp³-hybridized carbons (Fsp3) is 0.615. The highest BCUT2D eigenvalue weighted by Gasteiger charge is 2.16. The molecule has 0 saturated carbocycles. The molecular weight excluding hydrogens is 278 g/mol. The number of aromatic nitrogens is 1. The van der Waals surface area contributed by atoms with E-state index in [0.29, 0.717) is 13.2 Å². The smallest absolute Gasteiger partial charge is 0.367 e. The Balaban J connectivity index is 2.46. The van der Waals surface area contributed by atoms with Crippen LogP contribution in [0.2, 0.25) is 0 Å². The maximum absolute atomic E-state index is 11.9. The van der Waals surface area contributed by atoms with Gasteiger partial charge in [-0.25, -0.2) is 9.78 Å². The van der Waals surface area contributed by atoms with E-state index >= 15 is 0 Å². The second-order valence-electron chi connectivity index (χ2n) is 4.04. The van der Waals surface area contributed by atoms with Crippen molar-refractivity contribution in [1.82, 2.24) is 15.2 Å². The zero-order chi connectivity index (χ0) is 15.0. The van der Waals surface area contributed by atoms with Gasteiger partial charge in [0.05, 0.1) is 6.61 Å². The fourth-order valence-electron chi connectivity index (χ4n) is 1.62. The third-order valence-corrected chi connectivity index (χ3v) is 3.62. The van der Waals surface area contributed by atoms with E-state index in [9.17, 15) is 9.59 Å².